The second-order valence-electron chi connectivity index (χ2n) is 8.10. The summed E-state index contributed by atoms with van der Waals surface area (Å²) in [5, 5.41) is 3.01. The van der Waals surface area contributed by atoms with Crippen molar-refractivity contribution in [2.45, 2.75) is 65.0 Å². The van der Waals surface area contributed by atoms with E-state index in [4.69, 9.17) is 4.74 Å². The fourth-order valence-corrected chi connectivity index (χ4v) is 3.98. The summed E-state index contributed by atoms with van der Waals surface area (Å²) in [6.07, 6.45) is 2.68. The molecule has 1 aliphatic heterocycles. The number of amides is 3. The van der Waals surface area contributed by atoms with Crippen molar-refractivity contribution in [2.75, 3.05) is 4.90 Å². The molecule has 1 saturated carbocycles. The first kappa shape index (κ1) is 21.0. The third-order valence-corrected chi connectivity index (χ3v) is 6.10. The van der Waals surface area contributed by atoms with Crippen LogP contribution in [0.3, 0.4) is 0 Å². The fraction of sp³-hybridized carbons (Fsp3) is 0.545. The number of benzene rings is 1. The van der Waals surface area contributed by atoms with Crippen molar-refractivity contribution < 1.29 is 23.9 Å². The summed E-state index contributed by atoms with van der Waals surface area (Å²) in [7, 11) is 0. The van der Waals surface area contributed by atoms with Crippen LogP contribution >= 0.6 is 0 Å². The normalized spacial score (nSPS) is 25.6. The first-order valence-corrected chi connectivity index (χ1v) is 10.2. The van der Waals surface area contributed by atoms with Crippen LogP contribution in [0.2, 0.25) is 0 Å². The summed E-state index contributed by atoms with van der Waals surface area (Å²) in [6, 6.07) is 6.15. The topological polar surface area (TPSA) is 92.8 Å². The number of anilines is 1. The molecule has 2 aliphatic rings. The van der Waals surface area contributed by atoms with Gasteiger partial charge in [0.15, 0.2) is 6.10 Å². The van der Waals surface area contributed by atoms with Gasteiger partial charge in [0.2, 0.25) is 11.8 Å². The largest absolute Gasteiger partial charge is 0.449 e. The van der Waals surface area contributed by atoms with Gasteiger partial charge in [0.25, 0.3) is 5.91 Å². The quantitative estimate of drug-likeness (QED) is 0.606. The summed E-state index contributed by atoms with van der Waals surface area (Å²) < 4.78 is 5.31. The zero-order valence-electron chi connectivity index (χ0n) is 17.1. The summed E-state index contributed by atoms with van der Waals surface area (Å²) in [4.78, 5) is 49.6. The molecule has 29 heavy (non-hydrogen) atoms. The second kappa shape index (κ2) is 8.76. The maximum absolute atomic E-state index is 12.5. The van der Waals surface area contributed by atoms with Crippen molar-refractivity contribution in [3.63, 3.8) is 0 Å². The number of carbonyl (C=O) groups is 4. The smallest absolute Gasteiger partial charge is 0.338 e. The summed E-state index contributed by atoms with van der Waals surface area (Å²) in [5.41, 5.74) is 0.687. The van der Waals surface area contributed by atoms with E-state index in [9.17, 15) is 19.2 Å². The molecule has 7 nitrogen and oxygen atoms in total. The minimum Gasteiger partial charge on any atom is -0.449 e. The predicted molar refractivity (Wildman–Crippen MR) is 107 cm³/mol. The number of esters is 1. The van der Waals surface area contributed by atoms with Gasteiger partial charge in [-0.15, -0.1) is 0 Å². The molecule has 1 aromatic carbocycles. The molecule has 1 heterocycles. The number of hydrogen-bond acceptors (Lipinski definition) is 5. The second-order valence-corrected chi connectivity index (χ2v) is 8.10. The molecule has 4 atom stereocenters. The van der Waals surface area contributed by atoms with Crippen LogP contribution in [0.5, 0.6) is 0 Å². The number of rotatable bonds is 5. The molecule has 156 valence electrons. The van der Waals surface area contributed by atoms with E-state index < -0.39 is 12.1 Å². The van der Waals surface area contributed by atoms with Crippen LogP contribution in [0.25, 0.3) is 0 Å². The van der Waals surface area contributed by atoms with Crippen LogP contribution < -0.4 is 10.2 Å². The molecular weight excluding hydrogens is 372 g/mol. The van der Waals surface area contributed by atoms with Gasteiger partial charge in [-0.05, 0) is 49.4 Å². The van der Waals surface area contributed by atoms with Crippen molar-refractivity contribution in [2.24, 2.45) is 11.8 Å². The number of nitrogens with zero attached hydrogens (tertiary/aromatic N) is 1. The van der Waals surface area contributed by atoms with E-state index in [0.29, 0.717) is 17.5 Å². The van der Waals surface area contributed by atoms with E-state index >= 15 is 0 Å². The molecule has 0 radical (unpaired) electrons. The minimum atomic E-state index is -0.909. The predicted octanol–water partition coefficient (Wildman–Crippen LogP) is 2.83. The van der Waals surface area contributed by atoms with Gasteiger partial charge in [-0.2, -0.15) is 0 Å². The number of ether oxygens (including phenoxy) is 1. The van der Waals surface area contributed by atoms with Crippen LogP contribution in [-0.2, 0) is 19.1 Å². The van der Waals surface area contributed by atoms with Crippen LogP contribution in [0, 0.1) is 11.8 Å². The Morgan fingerprint density at radius 3 is 2.31 bits per heavy atom. The maximum Gasteiger partial charge on any atom is 0.338 e. The van der Waals surface area contributed by atoms with Crippen molar-refractivity contribution in [1.29, 1.82) is 0 Å². The lowest BCUT2D eigenvalue weighted by Gasteiger charge is -2.35. The van der Waals surface area contributed by atoms with E-state index in [0.717, 1.165) is 17.7 Å². The van der Waals surface area contributed by atoms with E-state index in [1.165, 1.54) is 30.7 Å². The Kier molecular flexibility index (Phi) is 6.35. The molecule has 0 unspecified atom stereocenters. The average Bonchev–Trinajstić information content (AvgIpc) is 3.03. The van der Waals surface area contributed by atoms with Crippen molar-refractivity contribution in [3.05, 3.63) is 29.8 Å². The lowest BCUT2D eigenvalue weighted by Crippen LogP contribution is -2.47. The fourth-order valence-electron chi connectivity index (χ4n) is 3.98. The average molecular weight is 400 g/mol. The Morgan fingerprint density at radius 1 is 1.07 bits per heavy atom. The van der Waals surface area contributed by atoms with Gasteiger partial charge in [0.1, 0.15) is 0 Å². The Labute approximate surface area is 170 Å². The number of carbonyl (C=O) groups excluding carboxylic acids is 4. The molecule has 3 rings (SSSR count). The molecule has 1 aromatic rings. The zero-order chi connectivity index (χ0) is 21.1. The van der Waals surface area contributed by atoms with Gasteiger partial charge in [0, 0.05) is 18.9 Å². The van der Waals surface area contributed by atoms with Crippen molar-refractivity contribution in [3.8, 4) is 0 Å². The SMILES string of the molecule is C[C@@H]1[C@@H](C)CCC[C@H]1NC(=O)[C@@H](C)OC(=O)c1ccc(N2C(=O)CCC2=O)cc1. The van der Waals surface area contributed by atoms with Gasteiger partial charge in [-0.25, -0.2) is 4.79 Å². The number of imide groups is 1. The lowest BCUT2D eigenvalue weighted by molar-refractivity contribution is -0.130. The number of hydrogen-bond donors (Lipinski definition) is 1. The zero-order valence-corrected chi connectivity index (χ0v) is 17.1. The standard InChI is InChI=1S/C22H28N2O5/c1-13-5-4-6-18(14(13)2)23-21(27)15(3)29-22(28)16-7-9-17(10-8-16)24-19(25)11-12-20(24)26/h7-10,13-15,18H,4-6,11-12H2,1-3H3,(H,23,27)/t13-,14+,15+,18+/m0/s1. The van der Waals surface area contributed by atoms with Crippen LogP contribution in [0.4, 0.5) is 5.69 Å². The van der Waals surface area contributed by atoms with E-state index in [-0.39, 0.29) is 42.2 Å². The monoisotopic (exact) mass is 400 g/mol. The Balaban J connectivity index is 1.57. The Morgan fingerprint density at radius 2 is 1.69 bits per heavy atom. The van der Waals surface area contributed by atoms with Gasteiger partial charge in [0.05, 0.1) is 11.3 Å². The minimum absolute atomic E-state index is 0.0993. The molecule has 0 bridgehead atoms. The third kappa shape index (κ3) is 4.66. The highest BCUT2D eigenvalue weighted by Crippen LogP contribution is 2.29. The first-order valence-electron chi connectivity index (χ1n) is 10.2. The summed E-state index contributed by atoms with van der Waals surface area (Å²) >= 11 is 0. The maximum atomic E-state index is 12.5. The van der Waals surface area contributed by atoms with Crippen molar-refractivity contribution in [1.82, 2.24) is 5.32 Å². The Bertz CT molecular complexity index is 788. The van der Waals surface area contributed by atoms with Gasteiger partial charge in [-0.1, -0.05) is 26.7 Å². The molecule has 2 fully saturated rings. The first-order chi connectivity index (χ1) is 13.8. The summed E-state index contributed by atoms with van der Waals surface area (Å²) in [6.45, 7) is 5.89. The van der Waals surface area contributed by atoms with Crippen LogP contribution in [0.15, 0.2) is 24.3 Å². The Hall–Kier alpha value is -2.70. The highest BCUT2D eigenvalue weighted by Gasteiger charge is 2.31. The molecule has 1 aliphatic carbocycles. The summed E-state index contributed by atoms with van der Waals surface area (Å²) in [5.74, 6) is -0.472. The third-order valence-electron chi connectivity index (χ3n) is 6.10. The molecule has 7 heteroatoms. The molecule has 1 saturated heterocycles. The number of nitrogens with one attached hydrogen (secondary N) is 1. The molecule has 1 N–H and O–H groups in total. The van der Waals surface area contributed by atoms with Gasteiger partial charge in [-0.3, -0.25) is 19.3 Å². The molecule has 0 spiro atoms. The highest BCUT2D eigenvalue weighted by molar-refractivity contribution is 6.19. The molecule has 3 amide bonds. The van der Waals surface area contributed by atoms with Crippen molar-refractivity contribution >= 4 is 29.4 Å². The highest BCUT2D eigenvalue weighted by atomic mass is 16.5. The van der Waals surface area contributed by atoms with Crippen LogP contribution in [0.1, 0.15) is 63.2 Å². The lowest BCUT2D eigenvalue weighted by atomic mass is 9.78. The van der Waals surface area contributed by atoms with E-state index in [1.54, 1.807) is 6.92 Å². The van der Waals surface area contributed by atoms with Gasteiger partial charge < -0.3 is 10.1 Å². The van der Waals surface area contributed by atoms with Gasteiger partial charge >= 0.3 is 5.97 Å². The van der Waals surface area contributed by atoms with Crippen LogP contribution in [-0.4, -0.2) is 35.8 Å². The molecule has 0 aromatic heterocycles. The van der Waals surface area contributed by atoms with E-state index in [2.05, 4.69) is 19.2 Å². The van der Waals surface area contributed by atoms with E-state index in [1.807, 2.05) is 0 Å². The molecular formula is C22H28N2O5.